The number of hydrogen-bond donors (Lipinski definition) is 1. The van der Waals surface area contributed by atoms with Gasteiger partial charge in [0.2, 0.25) is 0 Å². The van der Waals surface area contributed by atoms with E-state index in [1.807, 2.05) is 42.5 Å². The Balaban J connectivity index is 1.44. The Morgan fingerprint density at radius 1 is 0.788 bits per heavy atom. The monoisotopic (exact) mass is 453 g/mol. The lowest BCUT2D eigenvalue weighted by Crippen LogP contribution is -2.21. The maximum Gasteiger partial charge on any atom is 0.387 e. The summed E-state index contributed by atoms with van der Waals surface area (Å²) in [6.07, 6.45) is -0.270. The maximum absolute atomic E-state index is 12.4. The summed E-state index contributed by atoms with van der Waals surface area (Å²) in [5, 5.41) is 2.34. The first kappa shape index (κ1) is 23.6. The Morgan fingerprint density at radius 3 is 2.12 bits per heavy atom. The van der Waals surface area contributed by atoms with Crippen LogP contribution in [0.25, 0.3) is 11.1 Å². The van der Waals surface area contributed by atoms with Crippen LogP contribution in [-0.2, 0) is 14.3 Å². The van der Waals surface area contributed by atoms with Gasteiger partial charge in [-0.15, -0.1) is 0 Å². The van der Waals surface area contributed by atoms with Crippen LogP contribution in [-0.4, -0.2) is 30.9 Å². The minimum Gasteiger partial charge on any atom is -0.456 e. The molecule has 3 aromatic carbocycles. The molecule has 0 atom stereocenters. The van der Waals surface area contributed by atoms with Gasteiger partial charge in [-0.3, -0.25) is 14.4 Å². The topological polar surface area (TPSA) is 81.7 Å². The Labute approximate surface area is 189 Å². The van der Waals surface area contributed by atoms with Gasteiger partial charge in [0.15, 0.2) is 12.4 Å². The van der Waals surface area contributed by atoms with Crippen molar-refractivity contribution in [3.63, 3.8) is 0 Å². The highest BCUT2D eigenvalue weighted by molar-refractivity contribution is 5.98. The SMILES string of the molecule is O=C(COC(=O)CCC(=O)c1ccc(-c2ccccc2)cc1)Nc1ccccc1OC(F)F. The molecule has 0 unspecified atom stereocenters. The van der Waals surface area contributed by atoms with Crippen LogP contribution < -0.4 is 10.1 Å². The fourth-order valence-electron chi connectivity index (χ4n) is 3.01. The van der Waals surface area contributed by atoms with E-state index >= 15 is 0 Å². The second-order valence-corrected chi connectivity index (χ2v) is 6.95. The minimum atomic E-state index is -3.05. The first-order valence-corrected chi connectivity index (χ1v) is 10.1. The Hall–Kier alpha value is -4.07. The fourth-order valence-corrected chi connectivity index (χ4v) is 3.01. The number of benzene rings is 3. The van der Waals surface area contributed by atoms with Gasteiger partial charge in [0.1, 0.15) is 5.75 Å². The predicted octanol–water partition coefficient (Wildman–Crippen LogP) is 5.10. The Morgan fingerprint density at radius 2 is 1.42 bits per heavy atom. The number of rotatable bonds is 10. The molecule has 0 fully saturated rings. The van der Waals surface area contributed by atoms with Crippen molar-refractivity contribution in [2.24, 2.45) is 0 Å². The molecule has 0 radical (unpaired) electrons. The Bertz CT molecular complexity index is 1100. The van der Waals surface area contributed by atoms with Gasteiger partial charge in [-0.05, 0) is 23.3 Å². The summed E-state index contributed by atoms with van der Waals surface area (Å²) >= 11 is 0. The number of anilines is 1. The molecule has 0 bridgehead atoms. The molecule has 0 saturated carbocycles. The van der Waals surface area contributed by atoms with Crippen LogP contribution in [0.3, 0.4) is 0 Å². The van der Waals surface area contributed by atoms with Gasteiger partial charge >= 0.3 is 12.6 Å². The molecule has 3 rings (SSSR count). The molecule has 0 aromatic heterocycles. The van der Waals surface area contributed by atoms with Gasteiger partial charge in [-0.25, -0.2) is 0 Å². The highest BCUT2D eigenvalue weighted by Gasteiger charge is 2.14. The van der Waals surface area contributed by atoms with E-state index in [1.165, 1.54) is 24.3 Å². The van der Waals surface area contributed by atoms with Crippen LogP contribution in [0.1, 0.15) is 23.2 Å². The van der Waals surface area contributed by atoms with Gasteiger partial charge in [-0.1, -0.05) is 66.7 Å². The molecule has 6 nitrogen and oxygen atoms in total. The summed E-state index contributed by atoms with van der Waals surface area (Å²) in [5.74, 6) is -1.89. The smallest absolute Gasteiger partial charge is 0.387 e. The minimum absolute atomic E-state index is 0.0213. The zero-order valence-corrected chi connectivity index (χ0v) is 17.5. The molecular formula is C25H21F2NO5. The number of ketones is 1. The van der Waals surface area contributed by atoms with E-state index in [9.17, 15) is 23.2 Å². The summed E-state index contributed by atoms with van der Waals surface area (Å²) in [4.78, 5) is 36.2. The molecular weight excluding hydrogens is 432 g/mol. The summed E-state index contributed by atoms with van der Waals surface area (Å²) in [6, 6.07) is 22.4. The van der Waals surface area contributed by atoms with E-state index in [0.717, 1.165) is 11.1 Å². The first-order valence-electron chi connectivity index (χ1n) is 10.1. The van der Waals surface area contributed by atoms with Gasteiger partial charge in [0.25, 0.3) is 5.91 Å². The number of amides is 1. The molecule has 0 aliphatic rings. The summed E-state index contributed by atoms with van der Waals surface area (Å²) in [5.41, 5.74) is 2.49. The van der Waals surface area contributed by atoms with Crippen molar-refractivity contribution < 1.29 is 32.6 Å². The lowest BCUT2D eigenvalue weighted by Gasteiger charge is -2.11. The van der Waals surface area contributed by atoms with Crippen molar-refractivity contribution in [3.05, 3.63) is 84.4 Å². The van der Waals surface area contributed by atoms with E-state index in [0.29, 0.717) is 5.56 Å². The second-order valence-electron chi connectivity index (χ2n) is 6.95. The number of para-hydroxylation sites is 2. The average molecular weight is 453 g/mol. The van der Waals surface area contributed by atoms with Crippen LogP contribution in [0.15, 0.2) is 78.9 Å². The summed E-state index contributed by atoms with van der Waals surface area (Å²) in [6.45, 7) is -3.67. The van der Waals surface area contributed by atoms with Crippen LogP contribution in [0.5, 0.6) is 5.75 Å². The second kappa shape index (κ2) is 11.5. The molecule has 170 valence electrons. The molecule has 0 aliphatic carbocycles. The van der Waals surface area contributed by atoms with Crippen LogP contribution in [0.4, 0.5) is 14.5 Å². The maximum atomic E-state index is 12.4. The number of ether oxygens (including phenoxy) is 2. The van der Waals surface area contributed by atoms with Gasteiger partial charge in [-0.2, -0.15) is 8.78 Å². The van der Waals surface area contributed by atoms with Gasteiger partial charge < -0.3 is 14.8 Å². The normalized spacial score (nSPS) is 10.5. The first-order chi connectivity index (χ1) is 15.9. The lowest BCUT2D eigenvalue weighted by atomic mass is 10.0. The van der Waals surface area contributed by atoms with E-state index in [-0.39, 0.29) is 30.1 Å². The molecule has 0 spiro atoms. The molecule has 0 saturated heterocycles. The third kappa shape index (κ3) is 7.24. The van der Waals surface area contributed by atoms with Crippen LogP contribution >= 0.6 is 0 Å². The van der Waals surface area contributed by atoms with E-state index in [2.05, 4.69) is 10.1 Å². The molecule has 0 aliphatic heterocycles. The zero-order valence-electron chi connectivity index (χ0n) is 17.5. The van der Waals surface area contributed by atoms with Crippen molar-refractivity contribution in [2.75, 3.05) is 11.9 Å². The lowest BCUT2D eigenvalue weighted by molar-refractivity contribution is -0.147. The van der Waals surface area contributed by atoms with Crippen molar-refractivity contribution >= 4 is 23.3 Å². The number of nitrogens with one attached hydrogen (secondary N) is 1. The van der Waals surface area contributed by atoms with Gasteiger partial charge in [0.05, 0.1) is 12.1 Å². The quantitative estimate of drug-likeness (QED) is 0.341. The van der Waals surface area contributed by atoms with Crippen LogP contribution in [0, 0.1) is 0 Å². The highest BCUT2D eigenvalue weighted by Crippen LogP contribution is 2.25. The van der Waals surface area contributed by atoms with E-state index in [4.69, 9.17) is 4.74 Å². The fraction of sp³-hybridized carbons (Fsp3) is 0.160. The number of esters is 1. The van der Waals surface area contributed by atoms with Crippen molar-refractivity contribution in [1.82, 2.24) is 0 Å². The summed E-state index contributed by atoms with van der Waals surface area (Å²) < 4.78 is 34.0. The molecule has 1 amide bonds. The third-order valence-electron chi connectivity index (χ3n) is 4.61. The average Bonchev–Trinajstić information content (AvgIpc) is 2.83. The number of carbonyl (C=O) groups is 3. The number of alkyl halides is 2. The molecule has 1 N–H and O–H groups in total. The van der Waals surface area contributed by atoms with E-state index < -0.39 is 25.1 Å². The molecule has 0 heterocycles. The summed E-state index contributed by atoms with van der Waals surface area (Å²) in [7, 11) is 0. The zero-order chi connectivity index (χ0) is 23.6. The van der Waals surface area contributed by atoms with Crippen molar-refractivity contribution in [3.8, 4) is 16.9 Å². The number of Topliss-reactive ketones (excluding diaryl/α,β-unsaturated/α-hetero) is 1. The third-order valence-corrected chi connectivity index (χ3v) is 4.61. The Kier molecular flexibility index (Phi) is 8.24. The van der Waals surface area contributed by atoms with Crippen molar-refractivity contribution in [2.45, 2.75) is 19.5 Å². The van der Waals surface area contributed by atoms with Crippen LogP contribution in [0.2, 0.25) is 0 Å². The molecule has 8 heteroatoms. The highest BCUT2D eigenvalue weighted by atomic mass is 19.3. The number of carbonyl (C=O) groups excluding carboxylic acids is 3. The molecule has 3 aromatic rings. The number of halogens is 2. The molecule has 33 heavy (non-hydrogen) atoms. The van der Waals surface area contributed by atoms with E-state index in [1.54, 1.807) is 12.1 Å². The predicted molar refractivity (Wildman–Crippen MR) is 118 cm³/mol. The standard InChI is InChI=1S/C25H21F2NO5/c26-25(27)33-22-9-5-4-8-20(22)28-23(30)16-32-24(31)15-14-21(29)19-12-10-18(11-13-19)17-6-2-1-3-7-17/h1-13,25H,14-16H2,(H,28,30). The largest absolute Gasteiger partial charge is 0.456 e. The van der Waals surface area contributed by atoms with Gasteiger partial charge in [0, 0.05) is 12.0 Å². The van der Waals surface area contributed by atoms with Crippen molar-refractivity contribution in [1.29, 1.82) is 0 Å². The number of hydrogen-bond acceptors (Lipinski definition) is 5.